The molecule has 2 fully saturated rings. The Kier molecular flexibility index (Phi) is 4.55. The average molecular weight is 369 g/mol. The van der Waals surface area contributed by atoms with E-state index in [2.05, 4.69) is 85.4 Å². The fourth-order valence-corrected chi connectivity index (χ4v) is 5.66. The van der Waals surface area contributed by atoms with Crippen LogP contribution in [-0.2, 0) is 7.05 Å². The highest BCUT2D eigenvalue weighted by Gasteiger charge is 2.37. The van der Waals surface area contributed by atoms with Crippen molar-refractivity contribution in [1.82, 2.24) is 0 Å². The van der Waals surface area contributed by atoms with Gasteiger partial charge in [-0.3, -0.25) is 0 Å². The summed E-state index contributed by atoms with van der Waals surface area (Å²) in [6.45, 7) is 2.19. The van der Waals surface area contributed by atoms with Gasteiger partial charge in [0.1, 0.15) is 7.05 Å². The van der Waals surface area contributed by atoms with E-state index >= 15 is 0 Å². The maximum Gasteiger partial charge on any atom is 0.213 e. The van der Waals surface area contributed by atoms with E-state index in [0.717, 1.165) is 17.8 Å². The molecule has 1 aromatic heterocycles. The monoisotopic (exact) mass is 368 g/mol. The molecule has 2 aromatic carbocycles. The van der Waals surface area contributed by atoms with Crippen LogP contribution >= 0.6 is 0 Å². The van der Waals surface area contributed by atoms with Gasteiger partial charge in [0, 0.05) is 17.7 Å². The predicted molar refractivity (Wildman–Crippen MR) is 116 cm³/mol. The quantitative estimate of drug-likeness (QED) is 0.468. The molecule has 2 saturated carbocycles. The lowest BCUT2D eigenvalue weighted by atomic mass is 9.92. The van der Waals surface area contributed by atoms with Crippen LogP contribution in [0.3, 0.4) is 0 Å². The highest BCUT2D eigenvalue weighted by molar-refractivity contribution is 5.70. The zero-order chi connectivity index (χ0) is 19.1. The van der Waals surface area contributed by atoms with Crippen molar-refractivity contribution in [2.24, 2.45) is 18.9 Å². The number of aromatic nitrogens is 1. The van der Waals surface area contributed by atoms with Gasteiger partial charge in [-0.1, -0.05) is 61.7 Å². The van der Waals surface area contributed by atoms with Gasteiger partial charge in [-0.15, -0.1) is 0 Å². The van der Waals surface area contributed by atoms with Gasteiger partial charge in [0.25, 0.3) is 0 Å². The first kappa shape index (κ1) is 17.7. The lowest BCUT2D eigenvalue weighted by Crippen LogP contribution is -2.30. The van der Waals surface area contributed by atoms with E-state index in [1.807, 2.05) is 0 Å². The third kappa shape index (κ3) is 3.17. The maximum absolute atomic E-state index is 2.39. The molecule has 0 N–H and O–H groups in total. The van der Waals surface area contributed by atoms with Crippen LogP contribution in [0.2, 0.25) is 0 Å². The van der Waals surface area contributed by atoms with Crippen molar-refractivity contribution in [3.05, 3.63) is 78.0 Å². The van der Waals surface area contributed by atoms with Crippen LogP contribution in [0.15, 0.2) is 66.9 Å². The van der Waals surface area contributed by atoms with E-state index in [9.17, 15) is 0 Å². The van der Waals surface area contributed by atoms with Crippen molar-refractivity contribution >= 4 is 0 Å². The SMILES string of the molecule is Cc1ccccc1-c1cc(-c2ccc(C3CC4CCCC4C3)cc2)cc[n+]1C. The fourth-order valence-electron chi connectivity index (χ4n) is 5.66. The molecule has 1 heteroatoms. The lowest BCUT2D eigenvalue weighted by molar-refractivity contribution is -0.660. The van der Waals surface area contributed by atoms with Crippen molar-refractivity contribution < 1.29 is 4.57 Å². The highest BCUT2D eigenvalue weighted by Crippen LogP contribution is 2.50. The summed E-state index contributed by atoms with van der Waals surface area (Å²) in [6, 6.07) is 22.7. The van der Waals surface area contributed by atoms with Crippen LogP contribution in [-0.4, -0.2) is 0 Å². The van der Waals surface area contributed by atoms with E-state index in [0.29, 0.717) is 0 Å². The molecule has 1 nitrogen and oxygen atoms in total. The topological polar surface area (TPSA) is 3.88 Å². The Morgan fingerprint density at radius 3 is 2.25 bits per heavy atom. The summed E-state index contributed by atoms with van der Waals surface area (Å²) in [7, 11) is 2.13. The Labute approximate surface area is 169 Å². The van der Waals surface area contributed by atoms with Gasteiger partial charge < -0.3 is 0 Å². The van der Waals surface area contributed by atoms with E-state index < -0.39 is 0 Å². The Morgan fingerprint density at radius 2 is 1.54 bits per heavy atom. The zero-order valence-corrected chi connectivity index (χ0v) is 17.1. The molecule has 0 radical (unpaired) electrons. The highest BCUT2D eigenvalue weighted by atomic mass is 14.9. The first-order valence-electron chi connectivity index (χ1n) is 10.8. The summed E-state index contributed by atoms with van der Waals surface area (Å²) in [5, 5.41) is 0. The van der Waals surface area contributed by atoms with Gasteiger partial charge in [0.2, 0.25) is 5.69 Å². The minimum Gasteiger partial charge on any atom is -0.201 e. The standard InChI is InChI=1S/C27H30N/c1-19-6-3-4-9-26(19)27-18-24(14-15-28(27)2)20-10-12-21(13-11-20)25-16-22-7-5-8-23(22)17-25/h3-4,6,9-15,18,22-23,25H,5,7-8,16-17H2,1-2H3/q+1. The van der Waals surface area contributed by atoms with Gasteiger partial charge in [-0.25, -0.2) is 4.57 Å². The molecule has 5 rings (SSSR count). The van der Waals surface area contributed by atoms with Crippen LogP contribution in [0.1, 0.15) is 49.1 Å². The van der Waals surface area contributed by atoms with E-state index in [4.69, 9.17) is 0 Å². The van der Waals surface area contributed by atoms with E-state index in [1.54, 1.807) is 5.56 Å². The number of pyridine rings is 1. The molecule has 3 aromatic rings. The summed E-state index contributed by atoms with van der Waals surface area (Å²) in [5.74, 6) is 2.81. The van der Waals surface area contributed by atoms with Crippen LogP contribution < -0.4 is 4.57 Å². The van der Waals surface area contributed by atoms with Gasteiger partial charge in [-0.2, -0.15) is 0 Å². The second kappa shape index (κ2) is 7.20. The van der Waals surface area contributed by atoms with Crippen molar-refractivity contribution in [2.75, 3.05) is 0 Å². The first-order chi connectivity index (χ1) is 13.7. The Balaban J connectivity index is 1.42. The second-order valence-corrected chi connectivity index (χ2v) is 8.97. The van der Waals surface area contributed by atoms with Crippen LogP contribution in [0.5, 0.6) is 0 Å². The molecular formula is C27H30N+. The summed E-state index contributed by atoms with van der Waals surface area (Å²) < 4.78 is 2.22. The predicted octanol–water partition coefficient (Wildman–Crippen LogP) is 6.45. The number of hydrogen-bond donors (Lipinski definition) is 0. The Bertz CT molecular complexity index is 973. The summed E-state index contributed by atoms with van der Waals surface area (Å²) >= 11 is 0. The molecule has 2 unspecified atom stereocenters. The van der Waals surface area contributed by atoms with Gasteiger partial charge in [0.05, 0.1) is 0 Å². The van der Waals surface area contributed by atoms with E-state index in [-0.39, 0.29) is 0 Å². The maximum atomic E-state index is 2.39. The minimum atomic E-state index is 0.792. The Morgan fingerprint density at radius 1 is 0.821 bits per heavy atom. The van der Waals surface area contributed by atoms with Crippen LogP contribution in [0, 0.1) is 18.8 Å². The van der Waals surface area contributed by atoms with Crippen molar-refractivity contribution in [1.29, 1.82) is 0 Å². The largest absolute Gasteiger partial charge is 0.213 e. The minimum absolute atomic E-state index is 0.792. The molecule has 2 aliphatic rings. The smallest absolute Gasteiger partial charge is 0.201 e. The van der Waals surface area contributed by atoms with Crippen LogP contribution in [0.4, 0.5) is 0 Å². The van der Waals surface area contributed by atoms with Crippen LogP contribution in [0.25, 0.3) is 22.4 Å². The molecule has 2 atom stereocenters. The number of aryl methyl sites for hydroxylation is 2. The molecule has 0 spiro atoms. The average Bonchev–Trinajstić information content (AvgIpc) is 3.32. The summed E-state index contributed by atoms with van der Waals surface area (Å²) in [5.41, 5.74) is 8.06. The fraction of sp³-hybridized carbons (Fsp3) is 0.370. The van der Waals surface area contributed by atoms with Crippen molar-refractivity contribution in [2.45, 2.75) is 44.9 Å². The third-order valence-corrected chi connectivity index (χ3v) is 7.28. The first-order valence-corrected chi connectivity index (χ1v) is 10.8. The van der Waals surface area contributed by atoms with Crippen molar-refractivity contribution in [3.63, 3.8) is 0 Å². The molecule has 0 bridgehead atoms. The van der Waals surface area contributed by atoms with Crippen molar-refractivity contribution in [3.8, 4) is 22.4 Å². The normalized spacial score (nSPS) is 23.7. The second-order valence-electron chi connectivity index (χ2n) is 8.97. The Hall–Kier alpha value is -2.41. The molecule has 2 aliphatic carbocycles. The molecule has 28 heavy (non-hydrogen) atoms. The van der Waals surface area contributed by atoms with Gasteiger partial charge in [0.15, 0.2) is 6.20 Å². The van der Waals surface area contributed by atoms with E-state index in [1.165, 1.54) is 60.1 Å². The molecular weight excluding hydrogens is 338 g/mol. The van der Waals surface area contributed by atoms with Gasteiger partial charge >= 0.3 is 0 Å². The number of benzene rings is 2. The molecule has 0 amide bonds. The zero-order valence-electron chi connectivity index (χ0n) is 17.1. The molecule has 1 heterocycles. The summed E-state index contributed by atoms with van der Waals surface area (Å²) in [6.07, 6.45) is 9.44. The third-order valence-electron chi connectivity index (χ3n) is 7.28. The lowest BCUT2D eigenvalue weighted by Gasteiger charge is -2.13. The number of fused-ring (bicyclic) bond motifs is 1. The summed E-state index contributed by atoms with van der Waals surface area (Å²) in [4.78, 5) is 0. The number of rotatable bonds is 3. The molecule has 142 valence electrons. The molecule has 0 saturated heterocycles. The number of hydrogen-bond acceptors (Lipinski definition) is 0. The number of nitrogens with zero attached hydrogens (tertiary/aromatic N) is 1. The molecule has 0 aliphatic heterocycles. The van der Waals surface area contributed by atoms with Gasteiger partial charge in [-0.05, 0) is 65.8 Å².